The minimum Gasteiger partial charge on any atom is -0.395 e. The van der Waals surface area contributed by atoms with Crippen molar-refractivity contribution in [2.75, 3.05) is 25.1 Å². The second-order valence-corrected chi connectivity index (χ2v) is 5.53. The van der Waals surface area contributed by atoms with E-state index in [0.717, 1.165) is 27.0 Å². The predicted octanol–water partition coefficient (Wildman–Crippen LogP) is 2.01. The molecule has 108 valence electrons. The number of aromatic nitrogens is 4. The molecule has 0 radical (unpaired) electrons. The average Bonchev–Trinajstić information content (AvgIpc) is 2.91. The van der Waals surface area contributed by atoms with Crippen molar-refractivity contribution in [2.45, 2.75) is 0 Å². The number of aliphatic hydroxyl groups is 1. The monoisotopic (exact) mass is 347 g/mol. The molecule has 1 N–H and O–H groups in total. The number of fused-ring (bicyclic) bond motifs is 1. The topological polar surface area (TPSA) is 67.1 Å². The average molecular weight is 348 g/mol. The third-order valence-corrected chi connectivity index (χ3v) is 3.69. The van der Waals surface area contributed by atoms with Gasteiger partial charge in [-0.15, -0.1) is 0 Å². The summed E-state index contributed by atoms with van der Waals surface area (Å²) in [7, 11) is 1.88. The Hall–Kier alpha value is -1.99. The van der Waals surface area contributed by atoms with E-state index in [1.54, 1.807) is 10.9 Å². The molecule has 0 aliphatic carbocycles. The van der Waals surface area contributed by atoms with E-state index < -0.39 is 0 Å². The second-order valence-electron chi connectivity index (χ2n) is 4.62. The standard InChI is InChI=1S/C14H14BrN5O/c1-19(5-6-21)13-12-8-18-20(14(12)17-9-16-13)11-4-2-3-10(15)7-11/h2-4,7-9,21H,5-6H2,1H3. The molecule has 0 fully saturated rings. The van der Waals surface area contributed by atoms with Gasteiger partial charge in [0, 0.05) is 18.1 Å². The Morgan fingerprint density at radius 3 is 2.95 bits per heavy atom. The largest absolute Gasteiger partial charge is 0.395 e. The summed E-state index contributed by atoms with van der Waals surface area (Å²) >= 11 is 3.46. The van der Waals surface area contributed by atoms with Crippen molar-refractivity contribution in [3.63, 3.8) is 0 Å². The molecular weight excluding hydrogens is 334 g/mol. The lowest BCUT2D eigenvalue weighted by Gasteiger charge is -2.16. The Bertz CT molecular complexity index is 773. The molecule has 6 nitrogen and oxygen atoms in total. The number of halogens is 1. The smallest absolute Gasteiger partial charge is 0.168 e. The molecule has 2 aromatic heterocycles. The third kappa shape index (κ3) is 2.62. The Morgan fingerprint density at radius 2 is 2.19 bits per heavy atom. The predicted molar refractivity (Wildman–Crippen MR) is 84.7 cm³/mol. The molecule has 3 aromatic rings. The Kier molecular flexibility index (Phi) is 3.85. The van der Waals surface area contributed by atoms with Crippen LogP contribution in [0.15, 0.2) is 41.3 Å². The minimum atomic E-state index is 0.0712. The third-order valence-electron chi connectivity index (χ3n) is 3.19. The summed E-state index contributed by atoms with van der Waals surface area (Å²) in [6.45, 7) is 0.579. The van der Waals surface area contributed by atoms with Crippen LogP contribution in [-0.2, 0) is 0 Å². The van der Waals surface area contributed by atoms with Crippen LogP contribution in [0.5, 0.6) is 0 Å². The van der Waals surface area contributed by atoms with Crippen LogP contribution in [0, 0.1) is 0 Å². The fraction of sp³-hybridized carbons (Fsp3) is 0.214. The fourth-order valence-electron chi connectivity index (χ4n) is 2.19. The van der Waals surface area contributed by atoms with Gasteiger partial charge in [-0.3, -0.25) is 0 Å². The Balaban J connectivity index is 2.13. The molecule has 0 aliphatic heterocycles. The number of likely N-dealkylation sites (N-methyl/N-ethyl adjacent to an activating group) is 1. The van der Waals surface area contributed by atoms with Crippen LogP contribution in [0.1, 0.15) is 0 Å². The molecule has 0 atom stereocenters. The van der Waals surface area contributed by atoms with Gasteiger partial charge in [0.25, 0.3) is 0 Å². The zero-order valence-corrected chi connectivity index (χ0v) is 13.0. The van der Waals surface area contributed by atoms with Gasteiger partial charge in [0.05, 0.1) is 23.9 Å². The van der Waals surface area contributed by atoms with Crippen molar-refractivity contribution in [1.82, 2.24) is 19.7 Å². The van der Waals surface area contributed by atoms with E-state index in [0.29, 0.717) is 6.54 Å². The first-order valence-corrected chi connectivity index (χ1v) is 7.26. The van der Waals surface area contributed by atoms with E-state index >= 15 is 0 Å². The maximum atomic E-state index is 9.07. The van der Waals surface area contributed by atoms with Crippen LogP contribution < -0.4 is 4.90 Å². The summed E-state index contributed by atoms with van der Waals surface area (Å²) in [4.78, 5) is 10.5. The van der Waals surface area contributed by atoms with Crippen molar-refractivity contribution < 1.29 is 5.11 Å². The van der Waals surface area contributed by atoms with Gasteiger partial charge in [0.15, 0.2) is 5.65 Å². The van der Waals surface area contributed by atoms with Crippen molar-refractivity contribution in [2.24, 2.45) is 0 Å². The fourth-order valence-corrected chi connectivity index (χ4v) is 2.58. The van der Waals surface area contributed by atoms with Gasteiger partial charge in [-0.1, -0.05) is 22.0 Å². The van der Waals surface area contributed by atoms with Crippen LogP contribution >= 0.6 is 15.9 Å². The first kappa shape index (κ1) is 14.0. The highest BCUT2D eigenvalue weighted by Gasteiger charge is 2.13. The molecule has 7 heteroatoms. The van der Waals surface area contributed by atoms with Gasteiger partial charge >= 0.3 is 0 Å². The molecule has 3 rings (SSSR count). The van der Waals surface area contributed by atoms with Gasteiger partial charge in [0.2, 0.25) is 0 Å². The Labute approximate surface area is 130 Å². The zero-order valence-electron chi connectivity index (χ0n) is 11.4. The summed E-state index contributed by atoms with van der Waals surface area (Å²) in [5, 5.41) is 14.3. The van der Waals surface area contributed by atoms with Gasteiger partial charge in [-0.05, 0) is 18.2 Å². The lowest BCUT2D eigenvalue weighted by atomic mass is 10.3. The van der Waals surface area contributed by atoms with Crippen LogP contribution in [-0.4, -0.2) is 45.1 Å². The quantitative estimate of drug-likeness (QED) is 0.781. The van der Waals surface area contributed by atoms with Crippen molar-refractivity contribution in [3.8, 4) is 5.69 Å². The van der Waals surface area contributed by atoms with E-state index in [1.165, 1.54) is 6.33 Å². The number of rotatable bonds is 4. The molecule has 0 saturated carbocycles. The number of anilines is 1. The molecule has 1 aromatic carbocycles. The number of hydrogen-bond donors (Lipinski definition) is 1. The van der Waals surface area contributed by atoms with Crippen molar-refractivity contribution >= 4 is 32.8 Å². The van der Waals surface area contributed by atoms with E-state index in [1.807, 2.05) is 36.2 Å². The second kappa shape index (κ2) is 5.79. The highest BCUT2D eigenvalue weighted by molar-refractivity contribution is 9.10. The molecule has 0 spiro atoms. The molecule has 0 aliphatic rings. The summed E-state index contributed by atoms with van der Waals surface area (Å²) in [6, 6.07) is 7.86. The van der Waals surface area contributed by atoms with Crippen LogP contribution in [0.4, 0.5) is 5.82 Å². The van der Waals surface area contributed by atoms with Crippen LogP contribution in [0.25, 0.3) is 16.7 Å². The van der Waals surface area contributed by atoms with E-state index in [2.05, 4.69) is 31.0 Å². The molecule has 0 saturated heterocycles. The van der Waals surface area contributed by atoms with E-state index in [9.17, 15) is 0 Å². The molecule has 0 bridgehead atoms. The Morgan fingerprint density at radius 1 is 1.33 bits per heavy atom. The lowest BCUT2D eigenvalue weighted by molar-refractivity contribution is 0.304. The first-order valence-electron chi connectivity index (χ1n) is 6.47. The van der Waals surface area contributed by atoms with Crippen LogP contribution in [0.2, 0.25) is 0 Å². The molecule has 2 heterocycles. The number of hydrogen-bond acceptors (Lipinski definition) is 5. The maximum Gasteiger partial charge on any atom is 0.168 e. The van der Waals surface area contributed by atoms with Gasteiger partial charge in [0.1, 0.15) is 12.1 Å². The van der Waals surface area contributed by atoms with Gasteiger partial charge < -0.3 is 10.0 Å². The summed E-state index contributed by atoms with van der Waals surface area (Å²) < 4.78 is 2.76. The van der Waals surface area contributed by atoms with Gasteiger partial charge in [-0.2, -0.15) is 5.10 Å². The number of benzene rings is 1. The first-order chi connectivity index (χ1) is 10.2. The zero-order chi connectivity index (χ0) is 14.8. The van der Waals surface area contributed by atoms with Crippen molar-refractivity contribution in [3.05, 3.63) is 41.3 Å². The minimum absolute atomic E-state index is 0.0712. The molecule has 0 unspecified atom stereocenters. The van der Waals surface area contributed by atoms with Crippen LogP contribution in [0.3, 0.4) is 0 Å². The SMILES string of the molecule is CN(CCO)c1ncnc2c1cnn2-c1cccc(Br)c1. The summed E-state index contributed by atoms with van der Waals surface area (Å²) in [5.74, 6) is 0.760. The highest BCUT2D eigenvalue weighted by Crippen LogP contribution is 2.24. The molecule has 21 heavy (non-hydrogen) atoms. The summed E-state index contributed by atoms with van der Waals surface area (Å²) in [5.41, 5.74) is 1.66. The molecular formula is C14H14BrN5O. The van der Waals surface area contributed by atoms with E-state index in [4.69, 9.17) is 5.11 Å². The molecule has 0 amide bonds. The highest BCUT2D eigenvalue weighted by atomic mass is 79.9. The van der Waals surface area contributed by atoms with E-state index in [-0.39, 0.29) is 6.61 Å². The van der Waals surface area contributed by atoms with Gasteiger partial charge in [-0.25, -0.2) is 14.6 Å². The maximum absolute atomic E-state index is 9.07. The normalized spacial score (nSPS) is 11.0. The number of aliphatic hydroxyl groups excluding tert-OH is 1. The number of nitrogens with zero attached hydrogens (tertiary/aromatic N) is 5. The lowest BCUT2D eigenvalue weighted by Crippen LogP contribution is -2.22. The van der Waals surface area contributed by atoms with Crippen molar-refractivity contribution in [1.29, 1.82) is 0 Å². The summed E-state index contributed by atoms with van der Waals surface area (Å²) in [6.07, 6.45) is 3.27.